The van der Waals surface area contributed by atoms with Crippen molar-refractivity contribution in [2.75, 3.05) is 75.2 Å². The molecule has 3 saturated heterocycles. The number of likely N-dealkylation sites (N-methyl/N-ethyl adjacent to an activating group) is 1. The quantitative estimate of drug-likeness (QED) is 0.163. The Balaban J connectivity index is 1.31. The number of piperidine rings is 1. The smallest absolute Gasteiger partial charge is 0.344 e. The maximum atomic E-state index is 15.6. The SMILES string of the molecule is CC[C@]1(O)C[C@H]2CN(CCC3=C(Bc4ccc(CN(C)C)cc43)[C@@](C(=O)OC)(C3C=C4C(=CC3OC)N(C)[C@H]3[C@@](O)(C(=O)OC)[C@H](OC(C)=O)[C@]5(CC)C=CCN6CC[C@]43[C@@H]65)C2)C1. The van der Waals surface area contributed by atoms with Crippen LogP contribution in [0, 0.1) is 28.1 Å². The molecule has 2 bridgehead atoms. The van der Waals surface area contributed by atoms with Crippen LogP contribution < -0.4 is 5.46 Å². The molecule has 13 nitrogen and oxygen atoms in total. The number of nitrogens with zero attached hydrogens (tertiary/aromatic N) is 4. The van der Waals surface area contributed by atoms with Crippen molar-refractivity contribution in [2.24, 2.45) is 28.1 Å². The first kappa shape index (κ1) is 44.4. The Morgan fingerprint density at radius 2 is 1.75 bits per heavy atom. The van der Waals surface area contributed by atoms with Crippen molar-refractivity contribution in [2.45, 2.75) is 101 Å². The predicted octanol–water partition coefficient (Wildman–Crippen LogP) is 2.60. The molecule has 8 aliphatic rings. The Morgan fingerprint density at radius 1 is 0.984 bits per heavy atom. The van der Waals surface area contributed by atoms with Crippen molar-refractivity contribution in [3.8, 4) is 0 Å². The van der Waals surface area contributed by atoms with Gasteiger partial charge in [0.05, 0.1) is 37.4 Å². The molecule has 0 aromatic heterocycles. The van der Waals surface area contributed by atoms with Crippen LogP contribution in [0.5, 0.6) is 0 Å². The van der Waals surface area contributed by atoms with E-state index in [-0.39, 0.29) is 17.9 Å². The Kier molecular flexibility index (Phi) is 11.1. The number of methoxy groups -OCH3 is 3. The molecule has 1 aromatic carbocycles. The van der Waals surface area contributed by atoms with Gasteiger partial charge >= 0.3 is 17.9 Å². The molecule has 6 heterocycles. The Bertz CT molecular complexity index is 2210. The zero-order valence-electron chi connectivity index (χ0n) is 38.7. The van der Waals surface area contributed by atoms with Gasteiger partial charge in [-0.2, -0.15) is 0 Å². The number of ether oxygens (including phenoxy) is 4. The molecule has 63 heavy (non-hydrogen) atoms. The molecule has 1 saturated carbocycles. The molecule has 1 aromatic rings. The zero-order chi connectivity index (χ0) is 45.0. The molecule has 6 aliphatic heterocycles. The first-order valence-electron chi connectivity index (χ1n) is 23.1. The van der Waals surface area contributed by atoms with Crippen LogP contribution in [0.15, 0.2) is 59.2 Å². The average Bonchev–Trinajstić information content (AvgIpc) is 3.92. The minimum atomic E-state index is -2.28. The molecule has 9 rings (SSSR count). The molecule has 12 atom stereocenters. The molecule has 340 valence electrons. The van der Waals surface area contributed by atoms with Gasteiger partial charge in [-0.25, -0.2) is 4.79 Å². The van der Waals surface area contributed by atoms with Gasteiger partial charge in [0.1, 0.15) is 0 Å². The van der Waals surface area contributed by atoms with Gasteiger partial charge < -0.3 is 39.0 Å². The van der Waals surface area contributed by atoms with Crippen LogP contribution in [-0.2, 0) is 39.9 Å². The molecular formula is C49H67BN4O9. The molecule has 0 amide bonds. The van der Waals surface area contributed by atoms with Gasteiger partial charge in [-0.05, 0) is 93.4 Å². The van der Waals surface area contributed by atoms with Crippen LogP contribution in [0.4, 0.5) is 0 Å². The number of benzene rings is 1. The number of hydrogen-bond donors (Lipinski definition) is 2. The molecule has 4 fully saturated rings. The second kappa shape index (κ2) is 15.7. The maximum Gasteiger partial charge on any atom is 0.344 e. The van der Waals surface area contributed by atoms with Gasteiger partial charge in [0.15, 0.2) is 13.4 Å². The molecule has 2 aliphatic carbocycles. The first-order valence-corrected chi connectivity index (χ1v) is 23.1. The minimum Gasteiger partial charge on any atom is -0.468 e. The predicted molar refractivity (Wildman–Crippen MR) is 240 cm³/mol. The summed E-state index contributed by atoms with van der Waals surface area (Å²) in [6.07, 6.45) is 10.1. The lowest BCUT2D eigenvalue weighted by Crippen LogP contribution is -2.79. The standard InChI is InChI=1S/C49H67BN4O9/c1-10-45(58)24-31-25-48(43(56)61-8,39-32(15-19-53(27-31)28-45)33-21-30(26-51(4)5)13-14-36(33)50-39)35-22-34-37(23-38(35)60-7)52(6)41-47(34)17-20-54-18-12-16-46(11-2,40(47)54)42(63-29(3)55)49(41,59)44(57)62-9/h12-14,16,21-23,31,35,38,40-42,50,58-59H,10-11,15,17-20,24-28H2,1-9H3/t31-,35?,38?,40+,41-,42-,45+,46-,47-,48+,49+/m1/s1. The van der Waals surface area contributed by atoms with E-state index in [1.807, 2.05) is 25.8 Å². The fourth-order valence-electron chi connectivity index (χ4n) is 14.9. The number of esters is 3. The summed E-state index contributed by atoms with van der Waals surface area (Å²) in [7, 11) is 11.1. The Morgan fingerprint density at radius 3 is 2.41 bits per heavy atom. The van der Waals surface area contributed by atoms with Crippen molar-refractivity contribution in [3.05, 3.63) is 70.4 Å². The number of rotatable bonds is 9. The van der Waals surface area contributed by atoms with E-state index in [0.29, 0.717) is 65.4 Å². The number of likely N-dealkylation sites (tertiary alicyclic amines) is 1. The van der Waals surface area contributed by atoms with Crippen molar-refractivity contribution >= 4 is 36.2 Å². The summed E-state index contributed by atoms with van der Waals surface area (Å²) in [4.78, 5) is 52.2. The minimum absolute atomic E-state index is 0.0390. The second-order valence-electron chi connectivity index (χ2n) is 20.4. The second-order valence-corrected chi connectivity index (χ2v) is 20.4. The first-order chi connectivity index (χ1) is 30.0. The van der Waals surface area contributed by atoms with E-state index < -0.39 is 63.6 Å². The van der Waals surface area contributed by atoms with E-state index in [1.54, 1.807) is 7.11 Å². The van der Waals surface area contributed by atoms with Gasteiger partial charge in [0, 0.05) is 82.3 Å². The molecule has 1 spiro atoms. The van der Waals surface area contributed by atoms with Crippen LogP contribution in [0.1, 0.15) is 70.4 Å². The van der Waals surface area contributed by atoms with Gasteiger partial charge in [0.2, 0.25) is 5.60 Å². The lowest BCUT2D eigenvalue weighted by Gasteiger charge is -2.63. The zero-order valence-corrected chi connectivity index (χ0v) is 38.7. The third-order valence-corrected chi connectivity index (χ3v) is 17.0. The highest BCUT2D eigenvalue weighted by atomic mass is 16.6. The number of allylic oxidation sites excluding steroid dienone is 1. The highest BCUT2D eigenvalue weighted by molar-refractivity contribution is 6.67. The molecule has 2 N–H and O–H groups in total. The topological polar surface area (TPSA) is 142 Å². The van der Waals surface area contributed by atoms with E-state index in [1.165, 1.54) is 43.3 Å². The van der Waals surface area contributed by atoms with Crippen LogP contribution in [-0.4, -0.2) is 166 Å². The number of carbonyl (C=O) groups excluding carboxylic acids is 3. The summed E-state index contributed by atoms with van der Waals surface area (Å²) in [6, 6.07) is 5.58. The maximum absolute atomic E-state index is 15.6. The number of carbonyl (C=O) groups is 3. The van der Waals surface area contributed by atoms with Crippen LogP contribution in [0.2, 0.25) is 0 Å². The number of aliphatic hydroxyl groups is 2. The van der Waals surface area contributed by atoms with E-state index in [2.05, 4.69) is 71.3 Å². The lowest BCUT2D eigenvalue weighted by molar-refractivity contribution is -0.243. The normalized spacial score (nSPS) is 39.9. The third-order valence-electron chi connectivity index (χ3n) is 17.0. The van der Waals surface area contributed by atoms with E-state index >= 15 is 4.79 Å². The summed E-state index contributed by atoms with van der Waals surface area (Å²) in [5.41, 5.74) is 1.33. The van der Waals surface area contributed by atoms with Crippen molar-refractivity contribution in [1.29, 1.82) is 0 Å². The van der Waals surface area contributed by atoms with Crippen molar-refractivity contribution in [3.63, 3.8) is 0 Å². The van der Waals surface area contributed by atoms with Crippen molar-refractivity contribution < 1.29 is 43.5 Å². The summed E-state index contributed by atoms with van der Waals surface area (Å²) in [5.74, 6) is -2.37. The van der Waals surface area contributed by atoms with Gasteiger partial charge in [-0.15, -0.1) is 0 Å². The van der Waals surface area contributed by atoms with Crippen LogP contribution in [0.25, 0.3) is 5.57 Å². The lowest BCUT2D eigenvalue weighted by atomic mass is 9.46. The molecular weight excluding hydrogens is 799 g/mol. The van der Waals surface area contributed by atoms with Crippen molar-refractivity contribution in [1.82, 2.24) is 19.6 Å². The fourth-order valence-corrected chi connectivity index (χ4v) is 14.9. The highest BCUT2D eigenvalue weighted by Crippen LogP contribution is 2.70. The van der Waals surface area contributed by atoms with Gasteiger partial charge in [0.25, 0.3) is 0 Å². The summed E-state index contributed by atoms with van der Waals surface area (Å²) in [6.45, 7) is 9.62. The molecule has 0 radical (unpaired) electrons. The van der Waals surface area contributed by atoms with E-state index in [4.69, 9.17) is 18.9 Å². The third kappa shape index (κ3) is 6.20. The molecule has 14 heteroatoms. The largest absolute Gasteiger partial charge is 0.468 e. The molecule has 3 unspecified atom stereocenters. The number of hydrogen-bond acceptors (Lipinski definition) is 13. The Hall–Kier alpha value is -3.79. The average molecular weight is 867 g/mol. The monoisotopic (exact) mass is 867 g/mol. The van der Waals surface area contributed by atoms with E-state index in [0.717, 1.165) is 36.4 Å². The van der Waals surface area contributed by atoms with Gasteiger partial charge in [-0.3, -0.25) is 19.4 Å². The summed E-state index contributed by atoms with van der Waals surface area (Å²) in [5, 5.41) is 25.5. The summed E-state index contributed by atoms with van der Waals surface area (Å²) >= 11 is 0. The van der Waals surface area contributed by atoms with Crippen LogP contribution in [0.3, 0.4) is 0 Å². The Labute approximate surface area is 373 Å². The van der Waals surface area contributed by atoms with Gasteiger partial charge in [-0.1, -0.05) is 61.2 Å². The highest BCUT2D eigenvalue weighted by Gasteiger charge is 2.81. The number of fused-ring (bicyclic) bond motifs is 5. The fraction of sp³-hybridized carbons (Fsp3) is 0.653. The van der Waals surface area contributed by atoms with Crippen LogP contribution >= 0.6 is 0 Å². The summed E-state index contributed by atoms with van der Waals surface area (Å²) < 4.78 is 24.4. The van der Waals surface area contributed by atoms with E-state index in [9.17, 15) is 19.8 Å².